The molecule has 0 unspecified atom stereocenters. The molecule has 18 heavy (non-hydrogen) atoms. The SMILES string of the molecule is CCNCC1(CN(C)C2CCOCC2)CCCC1. The Bertz CT molecular complexity index is 233. The molecular weight excluding hydrogens is 224 g/mol. The van der Waals surface area contributed by atoms with Crippen LogP contribution in [0.1, 0.15) is 45.4 Å². The molecule has 0 aromatic heterocycles. The molecule has 2 fully saturated rings. The Kier molecular flexibility index (Phi) is 5.46. The fourth-order valence-electron chi connectivity index (χ4n) is 3.69. The van der Waals surface area contributed by atoms with Gasteiger partial charge < -0.3 is 15.0 Å². The van der Waals surface area contributed by atoms with Crippen LogP contribution in [0.5, 0.6) is 0 Å². The number of nitrogens with one attached hydrogen (secondary N) is 1. The Morgan fingerprint density at radius 3 is 2.50 bits per heavy atom. The van der Waals surface area contributed by atoms with Crippen LogP contribution >= 0.6 is 0 Å². The lowest BCUT2D eigenvalue weighted by atomic mass is 9.84. The lowest BCUT2D eigenvalue weighted by Gasteiger charge is -2.39. The quantitative estimate of drug-likeness (QED) is 0.787. The highest BCUT2D eigenvalue weighted by atomic mass is 16.5. The largest absolute Gasteiger partial charge is 0.381 e. The molecule has 0 bridgehead atoms. The molecule has 1 aliphatic carbocycles. The van der Waals surface area contributed by atoms with Crippen LogP contribution in [0.4, 0.5) is 0 Å². The van der Waals surface area contributed by atoms with Crippen LogP contribution in [0.2, 0.25) is 0 Å². The summed E-state index contributed by atoms with van der Waals surface area (Å²) in [6.45, 7) is 7.69. The second kappa shape index (κ2) is 6.88. The van der Waals surface area contributed by atoms with Gasteiger partial charge in [0.25, 0.3) is 0 Å². The van der Waals surface area contributed by atoms with E-state index in [2.05, 4.69) is 24.2 Å². The van der Waals surface area contributed by atoms with Crippen LogP contribution in [0, 0.1) is 5.41 Å². The maximum Gasteiger partial charge on any atom is 0.0480 e. The van der Waals surface area contributed by atoms with Gasteiger partial charge in [0.2, 0.25) is 0 Å². The van der Waals surface area contributed by atoms with Crippen molar-refractivity contribution in [2.24, 2.45) is 5.41 Å². The Morgan fingerprint density at radius 2 is 1.89 bits per heavy atom. The average Bonchev–Trinajstić information content (AvgIpc) is 2.86. The summed E-state index contributed by atoms with van der Waals surface area (Å²) in [6, 6.07) is 0.748. The molecule has 1 saturated heterocycles. The van der Waals surface area contributed by atoms with Gasteiger partial charge in [-0.3, -0.25) is 0 Å². The maximum absolute atomic E-state index is 5.47. The zero-order chi connectivity index (χ0) is 12.8. The van der Waals surface area contributed by atoms with Crippen LogP contribution in [0.3, 0.4) is 0 Å². The molecule has 0 aromatic rings. The molecule has 3 heteroatoms. The highest BCUT2D eigenvalue weighted by molar-refractivity contribution is 4.90. The minimum atomic E-state index is 0.545. The van der Waals surface area contributed by atoms with Crippen molar-refractivity contribution in [2.45, 2.75) is 51.5 Å². The molecule has 1 heterocycles. The minimum Gasteiger partial charge on any atom is -0.381 e. The van der Waals surface area contributed by atoms with Gasteiger partial charge >= 0.3 is 0 Å². The first-order chi connectivity index (χ1) is 8.76. The lowest BCUT2D eigenvalue weighted by Crippen LogP contribution is -2.46. The molecule has 3 nitrogen and oxygen atoms in total. The van der Waals surface area contributed by atoms with E-state index in [9.17, 15) is 0 Å². The molecule has 0 atom stereocenters. The van der Waals surface area contributed by atoms with Gasteiger partial charge in [0, 0.05) is 32.3 Å². The van der Waals surface area contributed by atoms with Gasteiger partial charge in [-0.25, -0.2) is 0 Å². The van der Waals surface area contributed by atoms with Crippen LogP contribution in [0.15, 0.2) is 0 Å². The molecule has 0 amide bonds. The van der Waals surface area contributed by atoms with E-state index < -0.39 is 0 Å². The van der Waals surface area contributed by atoms with Gasteiger partial charge in [-0.1, -0.05) is 19.8 Å². The Balaban J connectivity index is 1.86. The topological polar surface area (TPSA) is 24.5 Å². The number of hydrogen-bond donors (Lipinski definition) is 1. The van der Waals surface area contributed by atoms with E-state index >= 15 is 0 Å². The molecule has 1 aliphatic heterocycles. The maximum atomic E-state index is 5.47. The van der Waals surface area contributed by atoms with E-state index in [0.29, 0.717) is 5.41 Å². The van der Waals surface area contributed by atoms with Gasteiger partial charge in [-0.2, -0.15) is 0 Å². The summed E-state index contributed by atoms with van der Waals surface area (Å²) in [4.78, 5) is 2.62. The standard InChI is InChI=1S/C15H30N2O/c1-3-16-12-15(8-4-5-9-15)13-17(2)14-6-10-18-11-7-14/h14,16H,3-13H2,1-2H3. The molecule has 106 valence electrons. The molecule has 1 N–H and O–H groups in total. The van der Waals surface area contributed by atoms with E-state index in [0.717, 1.165) is 25.8 Å². The van der Waals surface area contributed by atoms with Gasteiger partial charge in [0.1, 0.15) is 0 Å². The molecule has 0 aromatic carbocycles. The first-order valence-corrected chi connectivity index (χ1v) is 7.74. The van der Waals surface area contributed by atoms with Crippen LogP contribution in [-0.4, -0.2) is 50.8 Å². The summed E-state index contributed by atoms with van der Waals surface area (Å²) in [6.07, 6.45) is 8.10. The summed E-state index contributed by atoms with van der Waals surface area (Å²) in [5.41, 5.74) is 0.545. The third-order valence-corrected chi connectivity index (χ3v) is 4.81. The van der Waals surface area contributed by atoms with Crippen molar-refractivity contribution >= 4 is 0 Å². The van der Waals surface area contributed by atoms with Crippen LogP contribution in [0.25, 0.3) is 0 Å². The van der Waals surface area contributed by atoms with E-state index in [1.165, 1.54) is 51.6 Å². The number of rotatable bonds is 6. The fraction of sp³-hybridized carbons (Fsp3) is 1.00. The van der Waals surface area contributed by atoms with Crippen molar-refractivity contribution in [1.29, 1.82) is 0 Å². The zero-order valence-corrected chi connectivity index (χ0v) is 12.2. The van der Waals surface area contributed by atoms with Gasteiger partial charge in [-0.05, 0) is 44.7 Å². The van der Waals surface area contributed by atoms with E-state index in [-0.39, 0.29) is 0 Å². The first kappa shape index (κ1) is 14.3. The first-order valence-electron chi connectivity index (χ1n) is 7.74. The molecule has 2 rings (SSSR count). The molecule has 0 spiro atoms. The number of nitrogens with zero attached hydrogens (tertiary/aromatic N) is 1. The van der Waals surface area contributed by atoms with Gasteiger partial charge in [-0.15, -0.1) is 0 Å². The highest BCUT2D eigenvalue weighted by Crippen LogP contribution is 2.38. The second-order valence-electron chi connectivity index (χ2n) is 6.25. The smallest absolute Gasteiger partial charge is 0.0480 e. The Labute approximate surface area is 112 Å². The van der Waals surface area contributed by atoms with Crippen molar-refractivity contribution in [1.82, 2.24) is 10.2 Å². The average molecular weight is 254 g/mol. The van der Waals surface area contributed by atoms with Crippen LogP contribution < -0.4 is 5.32 Å². The van der Waals surface area contributed by atoms with Crippen molar-refractivity contribution in [2.75, 3.05) is 39.9 Å². The van der Waals surface area contributed by atoms with Crippen LogP contribution in [-0.2, 0) is 4.74 Å². The monoisotopic (exact) mass is 254 g/mol. The summed E-state index contributed by atoms with van der Waals surface area (Å²) >= 11 is 0. The Hall–Kier alpha value is -0.120. The summed E-state index contributed by atoms with van der Waals surface area (Å²) in [5, 5.41) is 3.59. The van der Waals surface area contributed by atoms with Gasteiger partial charge in [0.05, 0.1) is 0 Å². The summed E-state index contributed by atoms with van der Waals surface area (Å²) in [7, 11) is 2.32. The fourth-order valence-corrected chi connectivity index (χ4v) is 3.69. The van der Waals surface area contributed by atoms with Crippen molar-refractivity contribution in [3.05, 3.63) is 0 Å². The number of ether oxygens (including phenoxy) is 1. The predicted octanol–water partition coefficient (Wildman–Crippen LogP) is 2.27. The summed E-state index contributed by atoms with van der Waals surface area (Å²) < 4.78 is 5.47. The third-order valence-electron chi connectivity index (χ3n) is 4.81. The third kappa shape index (κ3) is 3.69. The van der Waals surface area contributed by atoms with E-state index in [4.69, 9.17) is 4.74 Å². The summed E-state index contributed by atoms with van der Waals surface area (Å²) in [5.74, 6) is 0. The highest BCUT2D eigenvalue weighted by Gasteiger charge is 2.35. The van der Waals surface area contributed by atoms with Gasteiger partial charge in [0.15, 0.2) is 0 Å². The lowest BCUT2D eigenvalue weighted by molar-refractivity contribution is 0.0277. The van der Waals surface area contributed by atoms with Crippen molar-refractivity contribution < 1.29 is 4.74 Å². The molecular formula is C15H30N2O. The molecule has 1 saturated carbocycles. The van der Waals surface area contributed by atoms with Crippen molar-refractivity contribution in [3.8, 4) is 0 Å². The normalized spacial score (nSPS) is 24.8. The molecule has 2 aliphatic rings. The predicted molar refractivity (Wildman–Crippen MR) is 75.9 cm³/mol. The number of hydrogen-bond acceptors (Lipinski definition) is 3. The van der Waals surface area contributed by atoms with E-state index in [1.54, 1.807) is 0 Å². The van der Waals surface area contributed by atoms with E-state index in [1.807, 2.05) is 0 Å². The minimum absolute atomic E-state index is 0.545. The van der Waals surface area contributed by atoms with Crippen molar-refractivity contribution in [3.63, 3.8) is 0 Å². The zero-order valence-electron chi connectivity index (χ0n) is 12.2. The second-order valence-corrected chi connectivity index (χ2v) is 6.25. The Morgan fingerprint density at radius 1 is 1.22 bits per heavy atom. The molecule has 0 radical (unpaired) electrons.